The number of nitro groups is 1. The van der Waals surface area contributed by atoms with E-state index in [-0.39, 0.29) is 28.0 Å². The van der Waals surface area contributed by atoms with Crippen molar-refractivity contribution in [2.45, 2.75) is 13.8 Å². The summed E-state index contributed by atoms with van der Waals surface area (Å²) in [5.74, 6) is -0.322. The van der Waals surface area contributed by atoms with Gasteiger partial charge in [-0.1, -0.05) is 11.6 Å². The van der Waals surface area contributed by atoms with Crippen LogP contribution in [0.1, 0.15) is 12.6 Å². The lowest BCUT2D eigenvalue weighted by Crippen LogP contribution is -2.07. The Morgan fingerprint density at radius 3 is 2.71 bits per heavy atom. The predicted molar refractivity (Wildman–Crippen MR) is 78.0 cm³/mol. The van der Waals surface area contributed by atoms with E-state index in [1.165, 1.54) is 19.1 Å². The smallest absolute Gasteiger partial charge is 0.316 e. The molecule has 0 aliphatic rings. The summed E-state index contributed by atoms with van der Waals surface area (Å²) in [7, 11) is 0. The van der Waals surface area contributed by atoms with E-state index in [2.05, 4.69) is 15.3 Å². The molecule has 6 nitrogen and oxygen atoms in total. The number of hydrogen-bond donors (Lipinski definition) is 1. The third kappa shape index (κ3) is 3.08. The first-order chi connectivity index (χ1) is 9.93. The molecule has 110 valence electrons. The van der Waals surface area contributed by atoms with Gasteiger partial charge in [-0.2, -0.15) is 0 Å². The van der Waals surface area contributed by atoms with Crippen LogP contribution in [0.15, 0.2) is 18.2 Å². The Bertz CT molecular complexity index is 709. The molecule has 0 unspecified atom stereocenters. The molecule has 0 fully saturated rings. The highest BCUT2D eigenvalue weighted by Crippen LogP contribution is 2.33. The van der Waals surface area contributed by atoms with Crippen LogP contribution in [0.4, 0.5) is 16.0 Å². The minimum atomic E-state index is -0.597. The van der Waals surface area contributed by atoms with Crippen molar-refractivity contribution < 1.29 is 9.31 Å². The van der Waals surface area contributed by atoms with E-state index in [0.717, 1.165) is 6.07 Å². The number of anilines is 1. The normalized spacial score (nSPS) is 10.5. The van der Waals surface area contributed by atoms with Gasteiger partial charge in [0.2, 0.25) is 5.95 Å². The number of benzene rings is 1. The minimum Gasteiger partial charge on any atom is -0.354 e. The minimum absolute atomic E-state index is 0.102. The Morgan fingerprint density at radius 2 is 2.14 bits per heavy atom. The van der Waals surface area contributed by atoms with E-state index in [4.69, 9.17) is 11.6 Å². The maximum absolute atomic E-state index is 13.2. The van der Waals surface area contributed by atoms with Crippen molar-refractivity contribution in [3.8, 4) is 11.3 Å². The van der Waals surface area contributed by atoms with Gasteiger partial charge in [-0.05, 0) is 32.0 Å². The number of nitrogens with zero attached hydrogens (tertiary/aromatic N) is 3. The summed E-state index contributed by atoms with van der Waals surface area (Å²) in [4.78, 5) is 18.9. The Morgan fingerprint density at radius 1 is 1.43 bits per heavy atom. The molecule has 2 aromatic rings. The Labute approximate surface area is 125 Å². The molecule has 0 radical (unpaired) electrons. The molecule has 0 saturated heterocycles. The summed E-state index contributed by atoms with van der Waals surface area (Å²) >= 11 is 5.73. The molecule has 0 atom stereocenters. The maximum Gasteiger partial charge on any atom is 0.316 e. The molecule has 0 aliphatic heterocycles. The fourth-order valence-corrected chi connectivity index (χ4v) is 2.05. The summed E-state index contributed by atoms with van der Waals surface area (Å²) < 4.78 is 13.2. The fraction of sp³-hybridized carbons (Fsp3) is 0.231. The highest BCUT2D eigenvalue weighted by Gasteiger charge is 2.23. The van der Waals surface area contributed by atoms with Crippen LogP contribution in [0.5, 0.6) is 0 Å². The van der Waals surface area contributed by atoms with Crippen LogP contribution in [0.2, 0.25) is 5.02 Å². The molecular weight excluding hydrogens is 299 g/mol. The summed E-state index contributed by atoms with van der Waals surface area (Å²) in [5.41, 5.74) is 0.462. The average molecular weight is 311 g/mol. The Balaban J connectivity index is 2.68. The summed E-state index contributed by atoms with van der Waals surface area (Å²) in [6.07, 6.45) is 0. The van der Waals surface area contributed by atoms with Gasteiger partial charge in [0.25, 0.3) is 0 Å². The van der Waals surface area contributed by atoms with E-state index in [9.17, 15) is 14.5 Å². The Hall–Kier alpha value is -2.28. The van der Waals surface area contributed by atoms with Crippen LogP contribution < -0.4 is 5.32 Å². The standard InChI is InChI=1S/C13H12ClFN4O2/c1-3-16-13-17-7(2)12(19(20)21)11(18-13)8-4-5-10(15)9(14)6-8/h4-6H,3H2,1-2H3,(H,16,17,18). The van der Waals surface area contributed by atoms with Gasteiger partial charge >= 0.3 is 5.69 Å². The number of aryl methyl sites for hydroxylation is 1. The second kappa shape index (κ2) is 6.01. The fourth-order valence-electron chi connectivity index (χ4n) is 1.87. The van der Waals surface area contributed by atoms with Crippen LogP contribution in [0.3, 0.4) is 0 Å². The molecule has 1 N–H and O–H groups in total. The van der Waals surface area contributed by atoms with Crippen molar-refractivity contribution >= 4 is 23.2 Å². The molecule has 2 rings (SSSR count). The van der Waals surface area contributed by atoms with Gasteiger partial charge in [0.1, 0.15) is 11.5 Å². The highest BCUT2D eigenvalue weighted by molar-refractivity contribution is 6.31. The largest absolute Gasteiger partial charge is 0.354 e. The van der Waals surface area contributed by atoms with Gasteiger partial charge in [-0.15, -0.1) is 0 Å². The topological polar surface area (TPSA) is 81.0 Å². The van der Waals surface area contributed by atoms with E-state index in [0.29, 0.717) is 12.1 Å². The summed E-state index contributed by atoms with van der Waals surface area (Å²) in [6.45, 7) is 3.95. The van der Waals surface area contributed by atoms with Crippen molar-refractivity contribution in [2.24, 2.45) is 0 Å². The first-order valence-electron chi connectivity index (χ1n) is 6.16. The Kier molecular flexibility index (Phi) is 4.32. The van der Waals surface area contributed by atoms with E-state index in [1.54, 1.807) is 0 Å². The monoisotopic (exact) mass is 310 g/mol. The van der Waals surface area contributed by atoms with Gasteiger partial charge in [0.05, 0.1) is 9.95 Å². The molecule has 0 saturated carbocycles. The van der Waals surface area contributed by atoms with Gasteiger partial charge in [0.15, 0.2) is 5.69 Å². The maximum atomic E-state index is 13.2. The van der Waals surface area contributed by atoms with E-state index < -0.39 is 10.7 Å². The van der Waals surface area contributed by atoms with Crippen LogP contribution >= 0.6 is 11.6 Å². The summed E-state index contributed by atoms with van der Waals surface area (Å²) in [5, 5.41) is 14.0. The molecule has 1 heterocycles. The zero-order valence-electron chi connectivity index (χ0n) is 11.4. The van der Waals surface area contributed by atoms with Crippen molar-refractivity contribution in [2.75, 3.05) is 11.9 Å². The summed E-state index contributed by atoms with van der Waals surface area (Å²) in [6, 6.07) is 3.85. The molecule has 8 heteroatoms. The van der Waals surface area contributed by atoms with Crippen LogP contribution in [0, 0.1) is 22.9 Å². The first kappa shape index (κ1) is 15.1. The second-order valence-corrected chi connectivity index (χ2v) is 4.65. The van der Waals surface area contributed by atoms with Crippen LogP contribution in [0.25, 0.3) is 11.3 Å². The molecule has 21 heavy (non-hydrogen) atoms. The van der Waals surface area contributed by atoms with Gasteiger partial charge in [-0.3, -0.25) is 10.1 Å². The first-order valence-corrected chi connectivity index (χ1v) is 6.54. The average Bonchev–Trinajstić information content (AvgIpc) is 2.41. The van der Waals surface area contributed by atoms with E-state index >= 15 is 0 Å². The zero-order valence-corrected chi connectivity index (χ0v) is 12.1. The lowest BCUT2D eigenvalue weighted by Gasteiger charge is -2.08. The number of aromatic nitrogens is 2. The van der Waals surface area contributed by atoms with E-state index in [1.807, 2.05) is 6.92 Å². The van der Waals surface area contributed by atoms with Crippen molar-refractivity contribution in [3.05, 3.63) is 44.8 Å². The molecule has 0 bridgehead atoms. The highest BCUT2D eigenvalue weighted by atomic mass is 35.5. The number of hydrogen-bond acceptors (Lipinski definition) is 5. The van der Waals surface area contributed by atoms with Gasteiger partial charge < -0.3 is 5.32 Å². The number of rotatable bonds is 4. The number of halogens is 2. The molecular formula is C13H12ClFN4O2. The number of nitrogens with one attached hydrogen (secondary N) is 1. The molecule has 1 aromatic heterocycles. The molecule has 0 amide bonds. The van der Waals surface area contributed by atoms with Crippen molar-refractivity contribution in [1.82, 2.24) is 9.97 Å². The third-order valence-electron chi connectivity index (χ3n) is 2.77. The van der Waals surface area contributed by atoms with Crippen molar-refractivity contribution in [3.63, 3.8) is 0 Å². The quantitative estimate of drug-likeness (QED) is 0.689. The van der Waals surface area contributed by atoms with Gasteiger partial charge in [-0.25, -0.2) is 14.4 Å². The van der Waals surface area contributed by atoms with Crippen LogP contribution in [-0.4, -0.2) is 21.4 Å². The SMILES string of the molecule is CCNc1nc(C)c([N+](=O)[O-])c(-c2ccc(F)c(Cl)c2)n1. The lowest BCUT2D eigenvalue weighted by atomic mass is 10.1. The van der Waals surface area contributed by atoms with Crippen molar-refractivity contribution in [1.29, 1.82) is 0 Å². The van der Waals surface area contributed by atoms with Crippen LogP contribution in [-0.2, 0) is 0 Å². The zero-order chi connectivity index (χ0) is 15.6. The third-order valence-corrected chi connectivity index (χ3v) is 3.06. The second-order valence-electron chi connectivity index (χ2n) is 4.25. The molecule has 0 spiro atoms. The molecule has 1 aromatic carbocycles. The molecule has 0 aliphatic carbocycles. The predicted octanol–water partition coefficient (Wildman–Crippen LogP) is 3.58. The lowest BCUT2D eigenvalue weighted by molar-refractivity contribution is -0.385. The van der Waals surface area contributed by atoms with Gasteiger partial charge in [0, 0.05) is 12.1 Å².